The van der Waals surface area contributed by atoms with Crippen molar-refractivity contribution in [3.05, 3.63) is 60.0 Å². The first kappa shape index (κ1) is 21.9. The second kappa shape index (κ2) is 9.36. The highest BCUT2D eigenvalue weighted by Crippen LogP contribution is 2.13. The van der Waals surface area contributed by atoms with Crippen LogP contribution in [-0.4, -0.2) is 41.5 Å². The van der Waals surface area contributed by atoms with Crippen molar-refractivity contribution in [1.82, 2.24) is 24.6 Å². The van der Waals surface area contributed by atoms with E-state index in [1.165, 1.54) is 0 Å². The standard InChI is InChI=1S/C21H27N5O3S/c1-15(2)14-18(25-30(28,29)17-9-7-16(3)8-10-17)21(27)22-12-11-20-24-23-19-6-4-5-13-26(19)20/h4-10,13,15,18,25H,11-12,14H2,1-3H3,(H,22,27). The van der Waals surface area contributed by atoms with Gasteiger partial charge in [0, 0.05) is 19.2 Å². The summed E-state index contributed by atoms with van der Waals surface area (Å²) in [7, 11) is -3.80. The van der Waals surface area contributed by atoms with Gasteiger partial charge in [0.2, 0.25) is 15.9 Å². The highest BCUT2D eigenvalue weighted by atomic mass is 32.2. The number of aryl methyl sites for hydroxylation is 1. The molecule has 0 aliphatic heterocycles. The van der Waals surface area contributed by atoms with Gasteiger partial charge in [-0.25, -0.2) is 8.42 Å². The highest BCUT2D eigenvalue weighted by molar-refractivity contribution is 7.89. The lowest BCUT2D eigenvalue weighted by atomic mass is 10.0. The molecule has 0 aliphatic rings. The van der Waals surface area contributed by atoms with Gasteiger partial charge in [-0.3, -0.25) is 9.20 Å². The molecular weight excluding hydrogens is 402 g/mol. The molecule has 0 spiro atoms. The summed E-state index contributed by atoms with van der Waals surface area (Å²) in [5.74, 6) is 0.515. The number of hydrogen-bond donors (Lipinski definition) is 2. The number of hydrogen-bond acceptors (Lipinski definition) is 5. The fraction of sp³-hybridized carbons (Fsp3) is 0.381. The topological polar surface area (TPSA) is 105 Å². The molecule has 0 fully saturated rings. The molecule has 0 radical (unpaired) electrons. The van der Waals surface area contributed by atoms with E-state index in [1.54, 1.807) is 24.3 Å². The maximum absolute atomic E-state index is 12.8. The fourth-order valence-electron chi connectivity index (χ4n) is 3.13. The van der Waals surface area contributed by atoms with Gasteiger partial charge < -0.3 is 5.32 Å². The number of benzene rings is 1. The molecule has 1 atom stereocenters. The van der Waals surface area contributed by atoms with Crippen molar-refractivity contribution in [2.45, 2.75) is 44.6 Å². The molecule has 2 aromatic heterocycles. The first-order valence-corrected chi connectivity index (χ1v) is 11.4. The SMILES string of the molecule is Cc1ccc(S(=O)(=O)NC(CC(C)C)C(=O)NCCc2nnc3ccccn23)cc1. The van der Waals surface area contributed by atoms with Crippen LogP contribution < -0.4 is 10.0 Å². The van der Waals surface area contributed by atoms with E-state index in [-0.39, 0.29) is 16.7 Å². The summed E-state index contributed by atoms with van der Waals surface area (Å²) in [5.41, 5.74) is 1.70. The summed E-state index contributed by atoms with van der Waals surface area (Å²) in [6, 6.07) is 11.3. The average Bonchev–Trinajstić information content (AvgIpc) is 3.10. The summed E-state index contributed by atoms with van der Waals surface area (Å²) < 4.78 is 29.9. The third-order valence-corrected chi connectivity index (χ3v) is 6.17. The van der Waals surface area contributed by atoms with E-state index in [2.05, 4.69) is 20.2 Å². The van der Waals surface area contributed by atoms with Crippen LogP contribution in [0.25, 0.3) is 5.65 Å². The van der Waals surface area contributed by atoms with Gasteiger partial charge in [-0.2, -0.15) is 4.72 Å². The van der Waals surface area contributed by atoms with Gasteiger partial charge in [-0.1, -0.05) is 37.6 Å². The van der Waals surface area contributed by atoms with Gasteiger partial charge in [0.05, 0.1) is 4.90 Å². The quantitative estimate of drug-likeness (QED) is 0.542. The summed E-state index contributed by atoms with van der Waals surface area (Å²) in [4.78, 5) is 12.9. The van der Waals surface area contributed by atoms with Crippen LogP contribution in [0.1, 0.15) is 31.7 Å². The first-order valence-electron chi connectivity index (χ1n) is 9.91. The molecule has 1 amide bonds. The molecule has 0 saturated carbocycles. The van der Waals surface area contributed by atoms with Gasteiger partial charge in [-0.05, 0) is 43.5 Å². The molecule has 0 saturated heterocycles. The van der Waals surface area contributed by atoms with Crippen molar-refractivity contribution in [3.8, 4) is 0 Å². The Bertz CT molecular complexity index is 1110. The third-order valence-electron chi connectivity index (χ3n) is 4.68. The number of rotatable bonds is 9. The first-order chi connectivity index (χ1) is 14.3. The predicted molar refractivity (Wildman–Crippen MR) is 114 cm³/mol. The van der Waals surface area contributed by atoms with Crippen molar-refractivity contribution in [3.63, 3.8) is 0 Å². The second-order valence-electron chi connectivity index (χ2n) is 7.70. The number of aromatic nitrogens is 3. The van der Waals surface area contributed by atoms with Crippen LogP contribution in [0.3, 0.4) is 0 Å². The molecule has 30 heavy (non-hydrogen) atoms. The minimum atomic E-state index is -3.80. The second-order valence-corrected chi connectivity index (χ2v) is 9.42. The monoisotopic (exact) mass is 429 g/mol. The highest BCUT2D eigenvalue weighted by Gasteiger charge is 2.26. The summed E-state index contributed by atoms with van der Waals surface area (Å²) >= 11 is 0. The zero-order valence-electron chi connectivity index (χ0n) is 17.4. The molecule has 0 aliphatic carbocycles. The van der Waals surface area contributed by atoms with Crippen LogP contribution in [0.2, 0.25) is 0 Å². The molecule has 160 valence electrons. The molecule has 1 aromatic carbocycles. The van der Waals surface area contributed by atoms with Gasteiger partial charge in [0.15, 0.2) is 5.65 Å². The van der Waals surface area contributed by atoms with Gasteiger partial charge in [0.1, 0.15) is 11.9 Å². The van der Waals surface area contributed by atoms with Crippen molar-refractivity contribution in [2.24, 2.45) is 5.92 Å². The zero-order valence-corrected chi connectivity index (χ0v) is 18.2. The third kappa shape index (κ3) is 5.43. The lowest BCUT2D eigenvalue weighted by Gasteiger charge is -2.20. The lowest BCUT2D eigenvalue weighted by Crippen LogP contribution is -2.47. The maximum atomic E-state index is 12.8. The number of pyridine rings is 1. The van der Waals surface area contributed by atoms with Gasteiger partial charge in [-0.15, -0.1) is 10.2 Å². The van der Waals surface area contributed by atoms with Crippen LogP contribution in [0, 0.1) is 12.8 Å². The number of fused-ring (bicyclic) bond motifs is 1. The molecule has 3 aromatic rings. The molecule has 1 unspecified atom stereocenters. The maximum Gasteiger partial charge on any atom is 0.241 e. The molecule has 9 heteroatoms. The number of amides is 1. The minimum absolute atomic E-state index is 0.141. The van der Waals surface area contributed by atoms with Crippen LogP contribution in [0.5, 0.6) is 0 Å². The Kier molecular flexibility index (Phi) is 6.84. The Balaban J connectivity index is 1.65. The van der Waals surface area contributed by atoms with E-state index in [0.717, 1.165) is 17.0 Å². The fourth-order valence-corrected chi connectivity index (χ4v) is 4.34. The molecule has 2 heterocycles. The normalized spacial score (nSPS) is 12.9. The van der Waals surface area contributed by atoms with Crippen LogP contribution in [0.15, 0.2) is 53.6 Å². The van der Waals surface area contributed by atoms with Gasteiger partial charge in [0.25, 0.3) is 0 Å². The number of carbonyl (C=O) groups excluding carboxylic acids is 1. The van der Waals surface area contributed by atoms with E-state index in [9.17, 15) is 13.2 Å². The minimum Gasteiger partial charge on any atom is -0.354 e. The molecule has 8 nitrogen and oxygen atoms in total. The number of carbonyl (C=O) groups is 1. The number of nitrogens with one attached hydrogen (secondary N) is 2. The van der Waals surface area contributed by atoms with E-state index >= 15 is 0 Å². The molecular formula is C21H27N5O3S. The van der Waals surface area contributed by atoms with Gasteiger partial charge >= 0.3 is 0 Å². The smallest absolute Gasteiger partial charge is 0.241 e. The largest absolute Gasteiger partial charge is 0.354 e. The van der Waals surface area contributed by atoms with Crippen molar-refractivity contribution >= 4 is 21.6 Å². The molecule has 0 bridgehead atoms. The Morgan fingerprint density at radius 1 is 1.10 bits per heavy atom. The van der Waals surface area contributed by atoms with E-state index in [1.807, 2.05) is 49.6 Å². The Labute approximate surface area is 176 Å². The van der Waals surface area contributed by atoms with E-state index in [4.69, 9.17) is 0 Å². The predicted octanol–water partition coefficient (Wildman–Crippen LogP) is 2.09. The van der Waals surface area contributed by atoms with Crippen molar-refractivity contribution in [1.29, 1.82) is 0 Å². The van der Waals surface area contributed by atoms with Crippen LogP contribution in [-0.2, 0) is 21.2 Å². The lowest BCUT2D eigenvalue weighted by molar-refractivity contribution is -0.123. The van der Waals surface area contributed by atoms with E-state index < -0.39 is 16.1 Å². The Hall–Kier alpha value is -2.78. The summed E-state index contributed by atoms with van der Waals surface area (Å²) in [6.07, 6.45) is 2.74. The number of sulfonamides is 1. The number of nitrogens with zero attached hydrogens (tertiary/aromatic N) is 3. The average molecular weight is 430 g/mol. The Morgan fingerprint density at radius 3 is 2.53 bits per heavy atom. The zero-order chi connectivity index (χ0) is 21.7. The summed E-state index contributed by atoms with van der Waals surface area (Å²) in [6.45, 7) is 6.11. The summed E-state index contributed by atoms with van der Waals surface area (Å²) in [5, 5.41) is 11.1. The molecule has 2 N–H and O–H groups in total. The van der Waals surface area contributed by atoms with E-state index in [0.29, 0.717) is 19.4 Å². The molecule has 3 rings (SSSR count). The van der Waals surface area contributed by atoms with Crippen molar-refractivity contribution in [2.75, 3.05) is 6.54 Å². The van der Waals surface area contributed by atoms with Crippen LogP contribution >= 0.6 is 0 Å². The van der Waals surface area contributed by atoms with Crippen molar-refractivity contribution < 1.29 is 13.2 Å². The van der Waals surface area contributed by atoms with Crippen LogP contribution in [0.4, 0.5) is 0 Å². The Morgan fingerprint density at radius 2 is 1.83 bits per heavy atom.